The lowest BCUT2D eigenvalue weighted by molar-refractivity contribution is 1.12. The Hall–Kier alpha value is -9.00. The zero-order valence-corrected chi connectivity index (χ0v) is 37.6. The van der Waals surface area contributed by atoms with Crippen molar-refractivity contribution in [1.29, 1.82) is 0 Å². The standard InChI is InChI=1S/C62H44N6/c1-41-37-50(38-42(2)64-41)52-26-16-25-51(43-28-32-48(33-29-43)61-65-56(44-17-6-3-7-18-44)39-57(66-61)45-19-8-4-9-20-45)60(52)54-24-13-12-23-53(54)59-40-58(46-21-10-5-11-22-46)67-62(68-59)49-34-30-47(31-35-49)55-27-14-15-36-63-55/h3-40H,1-2H3. The number of nitrogens with zero attached hydrogens (tertiary/aromatic N) is 6. The molecular formula is C62H44N6. The Labute approximate surface area is 396 Å². The van der Waals surface area contributed by atoms with Crippen LogP contribution in [0.25, 0.3) is 112 Å². The first-order valence-corrected chi connectivity index (χ1v) is 22.8. The van der Waals surface area contributed by atoms with Gasteiger partial charge in [-0.2, -0.15) is 0 Å². The summed E-state index contributed by atoms with van der Waals surface area (Å²) in [5.74, 6) is 1.31. The first-order valence-electron chi connectivity index (χ1n) is 22.8. The molecule has 0 N–H and O–H groups in total. The quantitative estimate of drug-likeness (QED) is 0.136. The molecule has 0 saturated heterocycles. The molecule has 0 amide bonds. The third-order valence-electron chi connectivity index (χ3n) is 12.1. The van der Waals surface area contributed by atoms with Crippen molar-refractivity contribution in [2.45, 2.75) is 13.8 Å². The average molecular weight is 873 g/mol. The second-order valence-electron chi connectivity index (χ2n) is 16.8. The molecule has 0 unspecified atom stereocenters. The Balaban J connectivity index is 1.07. The first-order chi connectivity index (χ1) is 33.5. The van der Waals surface area contributed by atoms with Gasteiger partial charge in [-0.3, -0.25) is 9.97 Å². The highest BCUT2D eigenvalue weighted by molar-refractivity contribution is 5.99. The number of benzene rings is 7. The molecule has 11 aromatic rings. The maximum Gasteiger partial charge on any atom is 0.160 e. The van der Waals surface area contributed by atoms with Gasteiger partial charge < -0.3 is 0 Å². The molecule has 7 aromatic carbocycles. The maximum absolute atomic E-state index is 5.37. The van der Waals surface area contributed by atoms with Gasteiger partial charge in [0.25, 0.3) is 0 Å². The van der Waals surface area contributed by atoms with Crippen molar-refractivity contribution < 1.29 is 0 Å². The van der Waals surface area contributed by atoms with E-state index in [-0.39, 0.29) is 0 Å². The van der Waals surface area contributed by atoms with Gasteiger partial charge in [0.15, 0.2) is 11.6 Å². The molecule has 0 aliphatic heterocycles. The molecule has 0 bridgehead atoms. The van der Waals surface area contributed by atoms with E-state index in [9.17, 15) is 0 Å². The SMILES string of the molecule is Cc1cc(-c2cccc(-c3ccc(-c4nc(-c5ccccc5)cc(-c5ccccc5)n4)cc3)c2-c2ccccc2-c2cc(-c3ccccc3)nc(-c3ccc(-c4ccccn4)cc3)n2)cc(C)n1. The number of aromatic nitrogens is 6. The van der Waals surface area contributed by atoms with Gasteiger partial charge in [-0.05, 0) is 83.6 Å². The molecule has 322 valence electrons. The van der Waals surface area contributed by atoms with Crippen LogP contribution in [-0.2, 0) is 0 Å². The zero-order chi connectivity index (χ0) is 45.8. The summed E-state index contributed by atoms with van der Waals surface area (Å²) in [7, 11) is 0. The number of pyridine rings is 2. The molecule has 0 fully saturated rings. The van der Waals surface area contributed by atoms with E-state index in [1.165, 1.54) is 0 Å². The third-order valence-corrected chi connectivity index (χ3v) is 12.1. The van der Waals surface area contributed by atoms with Crippen molar-refractivity contribution >= 4 is 0 Å². The molecule has 0 radical (unpaired) electrons. The van der Waals surface area contributed by atoms with Crippen LogP contribution in [0.1, 0.15) is 11.4 Å². The molecular weight excluding hydrogens is 829 g/mol. The maximum atomic E-state index is 5.37. The second kappa shape index (κ2) is 18.5. The number of hydrogen-bond donors (Lipinski definition) is 0. The summed E-state index contributed by atoms with van der Waals surface area (Å²) < 4.78 is 0. The van der Waals surface area contributed by atoms with Crippen LogP contribution in [-0.4, -0.2) is 29.9 Å². The summed E-state index contributed by atoms with van der Waals surface area (Å²) in [5, 5.41) is 0. The molecule has 68 heavy (non-hydrogen) atoms. The van der Waals surface area contributed by atoms with E-state index in [0.717, 1.165) is 112 Å². The van der Waals surface area contributed by atoms with Gasteiger partial charge in [-0.25, -0.2) is 19.9 Å². The Bertz CT molecular complexity index is 3460. The molecule has 6 heteroatoms. The molecule has 11 rings (SSSR count). The fourth-order valence-corrected chi connectivity index (χ4v) is 8.92. The largest absolute Gasteiger partial charge is 0.258 e. The van der Waals surface area contributed by atoms with Crippen LogP contribution in [0.5, 0.6) is 0 Å². The average Bonchev–Trinajstić information content (AvgIpc) is 3.41. The van der Waals surface area contributed by atoms with Crippen LogP contribution in [0, 0.1) is 13.8 Å². The van der Waals surface area contributed by atoms with Gasteiger partial charge in [0.1, 0.15) is 0 Å². The number of aryl methyl sites for hydroxylation is 2. The molecule has 0 atom stereocenters. The lowest BCUT2D eigenvalue weighted by Gasteiger charge is -2.20. The summed E-state index contributed by atoms with van der Waals surface area (Å²) in [4.78, 5) is 30.1. The van der Waals surface area contributed by atoms with Gasteiger partial charge in [0, 0.05) is 56.5 Å². The lowest BCUT2D eigenvalue weighted by atomic mass is 9.85. The Morgan fingerprint density at radius 3 is 1.16 bits per heavy atom. The minimum atomic E-state index is 0.641. The van der Waals surface area contributed by atoms with Gasteiger partial charge in [-0.15, -0.1) is 0 Å². The zero-order valence-electron chi connectivity index (χ0n) is 37.6. The van der Waals surface area contributed by atoms with Crippen molar-refractivity contribution in [3.8, 4) is 112 Å². The van der Waals surface area contributed by atoms with Crippen molar-refractivity contribution in [2.75, 3.05) is 0 Å². The topological polar surface area (TPSA) is 77.3 Å². The molecule has 0 aliphatic rings. The van der Waals surface area contributed by atoms with Gasteiger partial charge in [-0.1, -0.05) is 188 Å². The van der Waals surface area contributed by atoms with Crippen LogP contribution in [0.4, 0.5) is 0 Å². The van der Waals surface area contributed by atoms with Crippen molar-refractivity contribution in [3.63, 3.8) is 0 Å². The van der Waals surface area contributed by atoms with Gasteiger partial charge in [0.2, 0.25) is 0 Å². The molecule has 4 aromatic heterocycles. The highest BCUT2D eigenvalue weighted by atomic mass is 14.9. The summed E-state index contributed by atoms with van der Waals surface area (Å²) in [6.45, 7) is 4.11. The normalized spacial score (nSPS) is 11.1. The Morgan fingerprint density at radius 1 is 0.250 bits per heavy atom. The van der Waals surface area contributed by atoms with E-state index < -0.39 is 0 Å². The Morgan fingerprint density at radius 2 is 0.647 bits per heavy atom. The highest BCUT2D eigenvalue weighted by Crippen LogP contribution is 2.45. The molecule has 4 heterocycles. The minimum absolute atomic E-state index is 0.641. The molecule has 6 nitrogen and oxygen atoms in total. The van der Waals surface area contributed by atoms with Gasteiger partial charge in [0.05, 0.1) is 28.5 Å². The lowest BCUT2D eigenvalue weighted by Crippen LogP contribution is -1.99. The van der Waals surface area contributed by atoms with E-state index in [1.54, 1.807) is 0 Å². The predicted molar refractivity (Wildman–Crippen MR) is 277 cm³/mol. The number of rotatable bonds is 10. The molecule has 0 aliphatic carbocycles. The van der Waals surface area contributed by atoms with E-state index in [2.05, 4.69) is 170 Å². The van der Waals surface area contributed by atoms with Crippen molar-refractivity contribution in [1.82, 2.24) is 29.9 Å². The van der Waals surface area contributed by atoms with Crippen LogP contribution in [0.3, 0.4) is 0 Å². The van der Waals surface area contributed by atoms with E-state index in [4.69, 9.17) is 24.9 Å². The summed E-state index contributed by atoms with van der Waals surface area (Å²) >= 11 is 0. The first kappa shape index (κ1) is 41.7. The fraction of sp³-hybridized carbons (Fsp3) is 0.0323. The predicted octanol–water partition coefficient (Wildman–Crippen LogP) is 15.3. The van der Waals surface area contributed by atoms with Crippen LogP contribution in [0.2, 0.25) is 0 Å². The van der Waals surface area contributed by atoms with Gasteiger partial charge >= 0.3 is 0 Å². The summed E-state index contributed by atoms with van der Waals surface area (Å²) in [6.07, 6.45) is 1.82. The number of hydrogen-bond acceptors (Lipinski definition) is 6. The Kier molecular flexibility index (Phi) is 11.3. The fourth-order valence-electron chi connectivity index (χ4n) is 8.92. The molecule has 0 saturated carbocycles. The van der Waals surface area contributed by atoms with Crippen LogP contribution in [0.15, 0.2) is 231 Å². The summed E-state index contributed by atoms with van der Waals surface area (Å²) in [5.41, 5.74) is 19.7. The van der Waals surface area contributed by atoms with E-state index in [1.807, 2.05) is 79.0 Å². The molecule has 0 spiro atoms. The monoisotopic (exact) mass is 872 g/mol. The smallest absolute Gasteiger partial charge is 0.160 e. The van der Waals surface area contributed by atoms with Crippen molar-refractivity contribution in [3.05, 3.63) is 242 Å². The second-order valence-corrected chi connectivity index (χ2v) is 16.8. The van der Waals surface area contributed by atoms with E-state index >= 15 is 0 Å². The minimum Gasteiger partial charge on any atom is -0.258 e. The summed E-state index contributed by atoms with van der Waals surface area (Å²) in [6, 6.07) is 77.6. The van der Waals surface area contributed by atoms with Crippen LogP contribution < -0.4 is 0 Å². The third kappa shape index (κ3) is 8.62. The van der Waals surface area contributed by atoms with E-state index in [0.29, 0.717) is 11.6 Å². The van der Waals surface area contributed by atoms with Crippen LogP contribution >= 0.6 is 0 Å². The van der Waals surface area contributed by atoms with Crippen molar-refractivity contribution in [2.24, 2.45) is 0 Å². The highest BCUT2D eigenvalue weighted by Gasteiger charge is 2.21.